The largest absolute Gasteiger partial charge is 0.355 e. The number of halogens is 1. The summed E-state index contributed by atoms with van der Waals surface area (Å²) in [5.41, 5.74) is 0. The Labute approximate surface area is 111 Å². The molecule has 0 saturated heterocycles. The third-order valence-electron chi connectivity index (χ3n) is 2.03. The Bertz CT molecular complexity index is 413. The minimum absolute atomic E-state index is 0.0755. The van der Waals surface area contributed by atoms with Crippen molar-refractivity contribution in [2.45, 2.75) is 26.8 Å². The van der Waals surface area contributed by atoms with Crippen LogP contribution < -0.4 is 16.0 Å². The average Bonchev–Trinajstić information content (AvgIpc) is 2.28. The van der Waals surface area contributed by atoms with Crippen LogP contribution in [-0.4, -0.2) is 40.0 Å². The maximum absolute atomic E-state index is 11.5. The number of likely N-dealkylation sites (N-methyl/N-ethyl adjacent to an activating group) is 1. The molecule has 0 aromatic carbocycles. The van der Waals surface area contributed by atoms with Crippen LogP contribution in [0.3, 0.4) is 0 Å². The summed E-state index contributed by atoms with van der Waals surface area (Å²) in [6, 6.07) is -0.446. The van der Waals surface area contributed by atoms with Gasteiger partial charge in [0, 0.05) is 13.1 Å². The quantitative estimate of drug-likeness (QED) is 0.712. The van der Waals surface area contributed by atoms with Gasteiger partial charge in [-0.3, -0.25) is 4.79 Å². The molecule has 1 atom stereocenters. The minimum atomic E-state index is -0.446. The zero-order chi connectivity index (χ0) is 13.5. The standard InChI is InChI=1S/C10H17ClN6O/c1-4-12-7(18)6(3)14-10-16-8(11)15-9(17-10)13-5-2/h6H,4-5H2,1-3H3,(H,12,18)(H2,13,14,15,16,17). The molecular weight excluding hydrogens is 256 g/mol. The van der Waals surface area contributed by atoms with Gasteiger partial charge in [-0.1, -0.05) is 0 Å². The van der Waals surface area contributed by atoms with Gasteiger partial charge in [0.15, 0.2) is 0 Å². The summed E-state index contributed by atoms with van der Waals surface area (Å²) < 4.78 is 0. The van der Waals surface area contributed by atoms with E-state index in [1.807, 2.05) is 13.8 Å². The van der Waals surface area contributed by atoms with E-state index in [0.717, 1.165) is 0 Å². The first-order valence-corrected chi connectivity index (χ1v) is 6.14. The number of rotatable bonds is 6. The lowest BCUT2D eigenvalue weighted by molar-refractivity contribution is -0.121. The number of anilines is 2. The van der Waals surface area contributed by atoms with E-state index in [-0.39, 0.29) is 17.1 Å². The van der Waals surface area contributed by atoms with E-state index in [2.05, 4.69) is 30.9 Å². The van der Waals surface area contributed by atoms with Gasteiger partial charge >= 0.3 is 0 Å². The monoisotopic (exact) mass is 272 g/mol. The summed E-state index contributed by atoms with van der Waals surface area (Å²) in [4.78, 5) is 23.5. The molecule has 0 bridgehead atoms. The van der Waals surface area contributed by atoms with Gasteiger partial charge in [0.05, 0.1) is 0 Å². The fraction of sp³-hybridized carbons (Fsp3) is 0.600. The lowest BCUT2D eigenvalue weighted by Crippen LogP contribution is -2.37. The number of amides is 1. The number of aromatic nitrogens is 3. The van der Waals surface area contributed by atoms with Crippen LogP contribution in [-0.2, 0) is 4.79 Å². The Hall–Kier alpha value is -1.63. The van der Waals surface area contributed by atoms with Gasteiger partial charge in [-0.2, -0.15) is 15.0 Å². The SMILES string of the molecule is CCNC(=O)C(C)Nc1nc(Cl)nc(NCC)n1. The molecule has 0 aliphatic rings. The number of nitrogens with zero attached hydrogens (tertiary/aromatic N) is 3. The Balaban J connectivity index is 2.74. The summed E-state index contributed by atoms with van der Waals surface area (Å²) in [6.45, 7) is 6.74. The molecule has 0 fully saturated rings. The van der Waals surface area contributed by atoms with Crippen molar-refractivity contribution in [3.63, 3.8) is 0 Å². The minimum Gasteiger partial charge on any atom is -0.355 e. The second-order valence-electron chi connectivity index (χ2n) is 3.54. The molecule has 1 amide bonds. The van der Waals surface area contributed by atoms with Crippen molar-refractivity contribution in [2.24, 2.45) is 0 Å². The number of carbonyl (C=O) groups excluding carboxylic acids is 1. The molecule has 1 heterocycles. The molecule has 18 heavy (non-hydrogen) atoms. The average molecular weight is 273 g/mol. The Morgan fingerprint density at radius 1 is 1.22 bits per heavy atom. The number of nitrogens with one attached hydrogen (secondary N) is 3. The second kappa shape index (κ2) is 6.95. The summed E-state index contributed by atoms with van der Waals surface area (Å²) >= 11 is 5.77. The van der Waals surface area contributed by atoms with Crippen LogP contribution in [0.15, 0.2) is 0 Å². The molecule has 0 aliphatic carbocycles. The summed E-state index contributed by atoms with van der Waals surface area (Å²) in [6.07, 6.45) is 0. The van der Waals surface area contributed by atoms with Crippen LogP contribution in [0, 0.1) is 0 Å². The van der Waals surface area contributed by atoms with Crippen LogP contribution in [0.1, 0.15) is 20.8 Å². The topological polar surface area (TPSA) is 91.8 Å². The highest BCUT2D eigenvalue weighted by Gasteiger charge is 2.13. The fourth-order valence-corrected chi connectivity index (χ4v) is 1.40. The van der Waals surface area contributed by atoms with Gasteiger partial charge in [0.1, 0.15) is 6.04 Å². The van der Waals surface area contributed by atoms with Crippen molar-refractivity contribution < 1.29 is 4.79 Å². The van der Waals surface area contributed by atoms with Crippen LogP contribution in [0.4, 0.5) is 11.9 Å². The van der Waals surface area contributed by atoms with Crippen molar-refractivity contribution >= 4 is 29.4 Å². The fourth-order valence-electron chi connectivity index (χ4n) is 1.24. The number of carbonyl (C=O) groups is 1. The van der Waals surface area contributed by atoms with E-state index in [4.69, 9.17) is 11.6 Å². The van der Waals surface area contributed by atoms with Crippen LogP contribution in [0.2, 0.25) is 5.28 Å². The number of hydrogen-bond donors (Lipinski definition) is 3. The van der Waals surface area contributed by atoms with E-state index < -0.39 is 6.04 Å². The van der Waals surface area contributed by atoms with Crippen molar-refractivity contribution in [2.75, 3.05) is 23.7 Å². The first kappa shape index (κ1) is 14.4. The van der Waals surface area contributed by atoms with Gasteiger partial charge in [0.2, 0.25) is 23.1 Å². The lowest BCUT2D eigenvalue weighted by atomic mass is 10.3. The van der Waals surface area contributed by atoms with E-state index in [9.17, 15) is 4.79 Å². The third kappa shape index (κ3) is 4.33. The third-order valence-corrected chi connectivity index (χ3v) is 2.20. The molecule has 8 heteroatoms. The molecule has 100 valence electrons. The molecule has 7 nitrogen and oxygen atoms in total. The zero-order valence-corrected chi connectivity index (χ0v) is 11.4. The molecule has 0 aliphatic heterocycles. The van der Waals surface area contributed by atoms with E-state index in [0.29, 0.717) is 19.0 Å². The van der Waals surface area contributed by atoms with E-state index in [1.54, 1.807) is 6.92 Å². The Morgan fingerprint density at radius 3 is 2.50 bits per heavy atom. The zero-order valence-electron chi connectivity index (χ0n) is 10.6. The molecule has 1 aromatic rings. The maximum atomic E-state index is 11.5. The molecule has 1 aromatic heterocycles. The normalized spacial score (nSPS) is 11.8. The van der Waals surface area contributed by atoms with Gasteiger partial charge < -0.3 is 16.0 Å². The highest BCUT2D eigenvalue weighted by atomic mass is 35.5. The first-order valence-electron chi connectivity index (χ1n) is 5.76. The maximum Gasteiger partial charge on any atom is 0.242 e. The molecule has 1 unspecified atom stereocenters. The highest BCUT2D eigenvalue weighted by Crippen LogP contribution is 2.10. The molecule has 0 radical (unpaired) electrons. The van der Waals surface area contributed by atoms with E-state index in [1.165, 1.54) is 0 Å². The molecule has 3 N–H and O–H groups in total. The van der Waals surface area contributed by atoms with Crippen LogP contribution in [0.5, 0.6) is 0 Å². The second-order valence-corrected chi connectivity index (χ2v) is 3.88. The molecule has 0 spiro atoms. The van der Waals surface area contributed by atoms with Crippen LogP contribution >= 0.6 is 11.6 Å². The Morgan fingerprint density at radius 2 is 1.89 bits per heavy atom. The lowest BCUT2D eigenvalue weighted by Gasteiger charge is -2.13. The van der Waals surface area contributed by atoms with Gasteiger partial charge in [0.25, 0.3) is 0 Å². The van der Waals surface area contributed by atoms with Gasteiger partial charge in [-0.05, 0) is 32.4 Å². The summed E-state index contributed by atoms with van der Waals surface area (Å²) in [5.74, 6) is 0.520. The molecular formula is C10H17ClN6O. The Kier molecular flexibility index (Phi) is 5.57. The number of hydrogen-bond acceptors (Lipinski definition) is 6. The summed E-state index contributed by atoms with van der Waals surface area (Å²) in [5, 5.41) is 8.57. The van der Waals surface area contributed by atoms with Gasteiger partial charge in [-0.15, -0.1) is 0 Å². The smallest absolute Gasteiger partial charge is 0.242 e. The van der Waals surface area contributed by atoms with Crippen molar-refractivity contribution in [3.8, 4) is 0 Å². The van der Waals surface area contributed by atoms with Crippen molar-refractivity contribution in [1.29, 1.82) is 0 Å². The van der Waals surface area contributed by atoms with E-state index >= 15 is 0 Å². The first-order chi connectivity index (χ1) is 8.56. The predicted octanol–water partition coefficient (Wildman–Crippen LogP) is 0.893. The van der Waals surface area contributed by atoms with Crippen LogP contribution in [0.25, 0.3) is 0 Å². The molecule has 0 saturated carbocycles. The van der Waals surface area contributed by atoms with Crippen molar-refractivity contribution in [3.05, 3.63) is 5.28 Å². The van der Waals surface area contributed by atoms with Gasteiger partial charge in [-0.25, -0.2) is 0 Å². The summed E-state index contributed by atoms with van der Waals surface area (Å²) in [7, 11) is 0. The predicted molar refractivity (Wildman–Crippen MR) is 70.8 cm³/mol. The highest BCUT2D eigenvalue weighted by molar-refractivity contribution is 6.28. The van der Waals surface area contributed by atoms with Crippen molar-refractivity contribution in [1.82, 2.24) is 20.3 Å². The molecule has 1 rings (SSSR count).